The molecule has 1 heterocycles. The summed E-state index contributed by atoms with van der Waals surface area (Å²) in [7, 11) is 0. The van der Waals surface area contributed by atoms with Crippen molar-refractivity contribution in [1.29, 1.82) is 0 Å². The Morgan fingerprint density at radius 1 is 1.47 bits per heavy atom. The zero-order valence-corrected chi connectivity index (χ0v) is 10.7. The van der Waals surface area contributed by atoms with E-state index in [4.69, 9.17) is 9.85 Å². The first kappa shape index (κ1) is 10.2. The summed E-state index contributed by atoms with van der Waals surface area (Å²) < 4.78 is 35.1. The zero-order chi connectivity index (χ0) is 16.3. The Hall–Kier alpha value is -1.62. The third-order valence-corrected chi connectivity index (χ3v) is 3.45. The van der Waals surface area contributed by atoms with Crippen molar-refractivity contribution in [1.82, 2.24) is 9.80 Å². The van der Waals surface area contributed by atoms with Gasteiger partial charge in [-0.3, -0.25) is 0 Å². The molecule has 0 atom stereocenters. The average molecular weight is 268 g/mol. The number of rotatable bonds is 3. The molecule has 0 unspecified atom stereocenters. The summed E-state index contributed by atoms with van der Waals surface area (Å²) in [5, 5.41) is 0. The Labute approximate surface area is 117 Å². The number of likely N-dealkylation sites (tertiary alicyclic amines) is 1. The molecule has 19 heavy (non-hydrogen) atoms. The van der Waals surface area contributed by atoms with Gasteiger partial charge in [0.05, 0.1) is 0 Å². The van der Waals surface area contributed by atoms with Gasteiger partial charge in [0.15, 0.2) is 0 Å². The largest absolute Gasteiger partial charge is 0.351 e. The molecule has 1 saturated heterocycles. The number of nitrogens with zero attached hydrogens (tertiary/aromatic N) is 2. The summed E-state index contributed by atoms with van der Waals surface area (Å²) >= 11 is 0. The van der Waals surface area contributed by atoms with Gasteiger partial charge in [-0.05, 0) is 50.6 Å². The monoisotopic (exact) mass is 268 g/mol. The van der Waals surface area contributed by atoms with Gasteiger partial charge in [0.1, 0.15) is 5.82 Å². The summed E-state index contributed by atoms with van der Waals surface area (Å²) in [6, 6.07) is 5.26. The quantitative estimate of drug-likeness (QED) is 0.908. The second-order valence-electron chi connectivity index (χ2n) is 4.81. The lowest BCUT2D eigenvalue weighted by atomic mass is 10.0. The molecule has 1 aliphatic rings. The van der Waals surface area contributed by atoms with E-state index < -0.39 is 13.0 Å². The molecule has 0 aromatic heterocycles. The smallest absolute Gasteiger partial charge is 0.315 e. The molecule has 4 nitrogen and oxygen atoms in total. The lowest BCUT2D eigenvalue weighted by Crippen LogP contribution is -2.48. The maximum absolute atomic E-state index is 12.9. The molecule has 1 aromatic carbocycles. The lowest BCUT2D eigenvalue weighted by molar-refractivity contribution is 0.133. The Balaban J connectivity index is 2.01. The van der Waals surface area contributed by atoms with Crippen molar-refractivity contribution in [3.05, 3.63) is 35.6 Å². The molecule has 0 radical (unpaired) electrons. The zero-order valence-electron chi connectivity index (χ0n) is 13.7. The van der Waals surface area contributed by atoms with Crippen LogP contribution in [0.25, 0.3) is 0 Å². The van der Waals surface area contributed by atoms with Crippen molar-refractivity contribution < 1.29 is 13.3 Å². The number of hydrogen-bond acceptors (Lipinski definition) is 2. The normalized spacial score (nSPS) is 20.4. The van der Waals surface area contributed by atoms with E-state index in [1.807, 2.05) is 0 Å². The van der Waals surface area contributed by atoms with Gasteiger partial charge in [-0.1, -0.05) is 12.1 Å². The van der Waals surface area contributed by atoms with Crippen molar-refractivity contribution in [2.75, 3.05) is 20.1 Å². The number of halogens is 1. The third-order valence-electron chi connectivity index (χ3n) is 3.45. The predicted molar refractivity (Wildman–Crippen MR) is 72.0 cm³/mol. The highest BCUT2D eigenvalue weighted by molar-refractivity contribution is 5.72. The van der Waals surface area contributed by atoms with E-state index in [0.29, 0.717) is 32.5 Å². The van der Waals surface area contributed by atoms with Crippen LogP contribution in [0, 0.1) is 5.82 Å². The molecule has 0 spiro atoms. The van der Waals surface area contributed by atoms with Crippen molar-refractivity contribution in [3.63, 3.8) is 0 Å². The van der Waals surface area contributed by atoms with Crippen LogP contribution in [-0.2, 0) is 6.54 Å². The SMILES string of the molecule is [2H]C([2H])([2H])N1CCC(N(Cc2ccc(F)cc2)C(N)=O)CC1. The van der Waals surface area contributed by atoms with Gasteiger partial charge in [-0.25, -0.2) is 9.18 Å². The van der Waals surface area contributed by atoms with Gasteiger partial charge in [-0.2, -0.15) is 0 Å². The summed E-state index contributed by atoms with van der Waals surface area (Å²) in [5.41, 5.74) is 6.24. The van der Waals surface area contributed by atoms with Crippen LogP contribution in [0.4, 0.5) is 9.18 Å². The number of urea groups is 1. The number of benzene rings is 1. The summed E-state index contributed by atoms with van der Waals surface area (Å²) in [5.74, 6) is -0.333. The third kappa shape index (κ3) is 3.67. The Morgan fingerprint density at radius 3 is 2.63 bits per heavy atom. The van der Waals surface area contributed by atoms with E-state index in [9.17, 15) is 9.18 Å². The second kappa shape index (κ2) is 6.02. The minimum atomic E-state index is -2.10. The number of carbonyl (C=O) groups is 1. The van der Waals surface area contributed by atoms with Crippen molar-refractivity contribution in [2.24, 2.45) is 5.73 Å². The summed E-state index contributed by atoms with van der Waals surface area (Å²) in [6.45, 7) is -1.00. The lowest BCUT2D eigenvalue weighted by Gasteiger charge is -2.36. The predicted octanol–water partition coefficient (Wildman–Crippen LogP) is 1.80. The van der Waals surface area contributed by atoms with E-state index in [0.717, 1.165) is 5.56 Å². The summed E-state index contributed by atoms with van der Waals surface area (Å²) in [6.07, 6.45) is 1.12. The minimum Gasteiger partial charge on any atom is -0.351 e. The van der Waals surface area contributed by atoms with Crippen LogP contribution in [0.5, 0.6) is 0 Å². The van der Waals surface area contributed by atoms with Crippen LogP contribution in [0.2, 0.25) is 0 Å². The van der Waals surface area contributed by atoms with Gasteiger partial charge in [0.25, 0.3) is 0 Å². The fourth-order valence-electron chi connectivity index (χ4n) is 2.35. The number of primary amides is 1. The van der Waals surface area contributed by atoms with Crippen molar-refractivity contribution in [2.45, 2.75) is 25.4 Å². The van der Waals surface area contributed by atoms with Gasteiger partial charge < -0.3 is 15.5 Å². The second-order valence-corrected chi connectivity index (χ2v) is 4.81. The highest BCUT2D eigenvalue weighted by Crippen LogP contribution is 2.18. The van der Waals surface area contributed by atoms with Crippen LogP contribution in [0.1, 0.15) is 22.5 Å². The average Bonchev–Trinajstić information content (AvgIpc) is 2.45. The number of amides is 2. The molecule has 5 heteroatoms. The molecule has 104 valence electrons. The molecule has 0 saturated carbocycles. The maximum atomic E-state index is 12.9. The number of nitrogens with two attached hydrogens (primary N) is 1. The Kier molecular flexibility index (Phi) is 3.23. The van der Waals surface area contributed by atoms with E-state index in [2.05, 4.69) is 0 Å². The fraction of sp³-hybridized carbons (Fsp3) is 0.500. The van der Waals surface area contributed by atoms with Gasteiger partial charge >= 0.3 is 6.03 Å². The van der Waals surface area contributed by atoms with Gasteiger partial charge in [0.2, 0.25) is 0 Å². The Morgan fingerprint density at radius 2 is 2.11 bits per heavy atom. The van der Waals surface area contributed by atoms with Gasteiger partial charge in [0, 0.05) is 16.7 Å². The van der Waals surface area contributed by atoms with Crippen LogP contribution in [0.15, 0.2) is 24.3 Å². The molecular weight excluding hydrogens is 245 g/mol. The molecule has 0 aliphatic carbocycles. The summed E-state index contributed by atoms with van der Waals surface area (Å²) in [4.78, 5) is 14.7. The fourth-order valence-corrected chi connectivity index (χ4v) is 2.35. The molecule has 2 amide bonds. The van der Waals surface area contributed by atoms with E-state index in [-0.39, 0.29) is 11.9 Å². The van der Waals surface area contributed by atoms with E-state index >= 15 is 0 Å². The maximum Gasteiger partial charge on any atom is 0.315 e. The molecular formula is C14H20FN3O. The van der Waals surface area contributed by atoms with Crippen LogP contribution >= 0.6 is 0 Å². The number of carbonyl (C=O) groups excluding carboxylic acids is 1. The number of piperidine rings is 1. The number of hydrogen-bond donors (Lipinski definition) is 1. The van der Waals surface area contributed by atoms with Crippen LogP contribution < -0.4 is 5.73 Å². The van der Waals surface area contributed by atoms with Crippen LogP contribution in [-0.4, -0.2) is 41.9 Å². The molecule has 1 fully saturated rings. The molecule has 2 N–H and O–H groups in total. The molecule has 1 aromatic rings. The van der Waals surface area contributed by atoms with Gasteiger partial charge in [-0.15, -0.1) is 0 Å². The van der Waals surface area contributed by atoms with Crippen molar-refractivity contribution in [3.8, 4) is 0 Å². The standard InChI is InChI=1S/C14H20FN3O/c1-17-8-6-13(7-9-17)18(14(16)19)10-11-2-4-12(15)5-3-11/h2-5,13H,6-10H2,1H3,(H2,16,19)/i1D3. The molecule has 2 rings (SSSR count). The minimum absolute atomic E-state index is 0.0962. The molecule has 0 bridgehead atoms. The first-order chi connectivity index (χ1) is 10.3. The highest BCUT2D eigenvalue weighted by atomic mass is 19.1. The first-order valence-electron chi connectivity index (χ1n) is 7.83. The Bertz CT molecular complexity index is 513. The highest BCUT2D eigenvalue weighted by Gasteiger charge is 2.25. The molecule has 1 aliphatic heterocycles. The van der Waals surface area contributed by atoms with E-state index in [1.54, 1.807) is 12.1 Å². The van der Waals surface area contributed by atoms with E-state index in [1.165, 1.54) is 21.9 Å². The van der Waals surface area contributed by atoms with Crippen LogP contribution in [0.3, 0.4) is 0 Å². The first-order valence-corrected chi connectivity index (χ1v) is 6.33. The van der Waals surface area contributed by atoms with Crippen molar-refractivity contribution >= 4 is 6.03 Å². The topological polar surface area (TPSA) is 49.6 Å².